The van der Waals surface area contributed by atoms with Crippen molar-refractivity contribution in [2.45, 2.75) is 13.8 Å². The van der Waals surface area contributed by atoms with Crippen LogP contribution in [0.5, 0.6) is 0 Å². The molecule has 0 saturated carbocycles. The largest absolute Gasteiger partial charge is 0.341 e. The Kier molecular flexibility index (Phi) is 6.54. The zero-order chi connectivity index (χ0) is 14.8. The first-order valence-electron chi connectivity index (χ1n) is 6.14. The average molecular weight is 271 g/mol. The van der Waals surface area contributed by atoms with Gasteiger partial charge in [-0.3, -0.25) is 9.59 Å². The number of carbonyl (C=O) groups is 2. The molecule has 1 N–H and O–H groups in total. The van der Waals surface area contributed by atoms with E-state index in [1.54, 1.807) is 0 Å². The molecule has 0 heterocycles. The fourth-order valence-corrected chi connectivity index (χ4v) is 1.40. The van der Waals surface area contributed by atoms with Gasteiger partial charge in [0, 0.05) is 13.8 Å². The fourth-order valence-electron chi connectivity index (χ4n) is 1.40. The zero-order valence-corrected chi connectivity index (χ0v) is 11.5. The van der Waals surface area contributed by atoms with Gasteiger partial charge in [-0.05, 0) is 11.1 Å². The molecular weight excluding hydrogens is 254 g/mol. The van der Waals surface area contributed by atoms with Crippen LogP contribution < -0.4 is 5.48 Å². The quantitative estimate of drug-likeness (QED) is 0.811. The fraction of sp³-hybridized carbons (Fsp3) is 0.125. The van der Waals surface area contributed by atoms with Gasteiger partial charge < -0.3 is 4.84 Å². The van der Waals surface area contributed by atoms with Crippen LogP contribution in [0.25, 0.3) is 11.1 Å². The minimum atomic E-state index is -0.528. The van der Waals surface area contributed by atoms with E-state index in [1.165, 1.54) is 25.0 Å². The van der Waals surface area contributed by atoms with Crippen molar-refractivity contribution in [3.8, 4) is 11.1 Å². The number of benzene rings is 2. The van der Waals surface area contributed by atoms with Crippen molar-refractivity contribution in [1.82, 2.24) is 5.48 Å². The van der Waals surface area contributed by atoms with Crippen LogP contribution in [0, 0.1) is 0 Å². The van der Waals surface area contributed by atoms with Gasteiger partial charge in [0.05, 0.1) is 0 Å². The second kappa shape index (κ2) is 8.48. The van der Waals surface area contributed by atoms with Gasteiger partial charge in [0.2, 0.25) is 5.91 Å². The van der Waals surface area contributed by atoms with Crippen LogP contribution in [-0.2, 0) is 14.4 Å². The highest BCUT2D eigenvalue weighted by Crippen LogP contribution is 2.17. The normalized spacial score (nSPS) is 8.90. The summed E-state index contributed by atoms with van der Waals surface area (Å²) in [5, 5.41) is 0. The Morgan fingerprint density at radius 2 is 1.20 bits per heavy atom. The summed E-state index contributed by atoms with van der Waals surface area (Å²) < 4.78 is 0. The molecule has 0 bridgehead atoms. The van der Waals surface area contributed by atoms with E-state index in [9.17, 15) is 9.59 Å². The molecule has 4 nitrogen and oxygen atoms in total. The first-order valence-corrected chi connectivity index (χ1v) is 6.14. The van der Waals surface area contributed by atoms with Crippen molar-refractivity contribution in [2.75, 3.05) is 0 Å². The molecule has 2 aromatic rings. The third kappa shape index (κ3) is 6.35. The van der Waals surface area contributed by atoms with Crippen LogP contribution >= 0.6 is 0 Å². The molecule has 4 heteroatoms. The Labute approximate surface area is 118 Å². The van der Waals surface area contributed by atoms with Gasteiger partial charge >= 0.3 is 5.97 Å². The van der Waals surface area contributed by atoms with E-state index in [4.69, 9.17) is 0 Å². The summed E-state index contributed by atoms with van der Waals surface area (Å²) in [6.07, 6.45) is 0. The maximum absolute atomic E-state index is 9.96. The van der Waals surface area contributed by atoms with Crippen LogP contribution in [0.4, 0.5) is 0 Å². The third-order valence-electron chi connectivity index (χ3n) is 2.22. The minimum Gasteiger partial charge on any atom is -0.341 e. The molecule has 0 aliphatic heterocycles. The van der Waals surface area contributed by atoms with Crippen molar-refractivity contribution in [2.24, 2.45) is 0 Å². The minimum absolute atomic E-state index is 0.389. The van der Waals surface area contributed by atoms with Gasteiger partial charge in [-0.2, -0.15) is 5.48 Å². The lowest BCUT2D eigenvalue weighted by Crippen LogP contribution is -2.22. The third-order valence-corrected chi connectivity index (χ3v) is 2.22. The zero-order valence-electron chi connectivity index (χ0n) is 11.5. The lowest BCUT2D eigenvalue weighted by Gasteiger charge is -1.98. The van der Waals surface area contributed by atoms with Crippen molar-refractivity contribution in [3.63, 3.8) is 0 Å². The highest BCUT2D eigenvalue weighted by atomic mass is 16.7. The Morgan fingerprint density at radius 3 is 1.45 bits per heavy atom. The number of hydrogen-bond acceptors (Lipinski definition) is 3. The summed E-state index contributed by atoms with van der Waals surface area (Å²) in [5.74, 6) is -0.916. The van der Waals surface area contributed by atoms with Crippen LogP contribution in [0.1, 0.15) is 13.8 Å². The molecule has 0 atom stereocenters. The Morgan fingerprint density at radius 1 is 0.800 bits per heavy atom. The second-order valence-electron chi connectivity index (χ2n) is 3.98. The summed E-state index contributed by atoms with van der Waals surface area (Å²) >= 11 is 0. The van der Waals surface area contributed by atoms with E-state index in [0.717, 1.165) is 0 Å². The maximum atomic E-state index is 9.96. The Balaban J connectivity index is 0.000000221. The molecule has 2 aromatic carbocycles. The van der Waals surface area contributed by atoms with E-state index >= 15 is 0 Å². The molecule has 2 rings (SSSR count). The summed E-state index contributed by atoms with van der Waals surface area (Å²) in [6, 6.07) is 20.8. The predicted molar refractivity (Wildman–Crippen MR) is 77.5 cm³/mol. The summed E-state index contributed by atoms with van der Waals surface area (Å²) in [7, 11) is 0. The molecule has 0 radical (unpaired) electrons. The monoisotopic (exact) mass is 271 g/mol. The van der Waals surface area contributed by atoms with Crippen LogP contribution in [0.15, 0.2) is 60.7 Å². The van der Waals surface area contributed by atoms with E-state index in [1.807, 2.05) is 17.6 Å². The molecule has 104 valence electrons. The molecule has 20 heavy (non-hydrogen) atoms. The van der Waals surface area contributed by atoms with Crippen molar-refractivity contribution in [3.05, 3.63) is 60.7 Å². The number of amides is 1. The summed E-state index contributed by atoms with van der Waals surface area (Å²) in [4.78, 5) is 23.9. The molecular formula is C16H17NO3. The number of rotatable bonds is 1. The second-order valence-corrected chi connectivity index (χ2v) is 3.98. The standard InChI is InChI=1S/C12H10.C4H7NO3/c1-3-7-11(8-4-1)12-9-5-2-6-10-12;1-3(6)5-8-4(2)7/h1-10H;1-2H3,(H,5,6). The highest BCUT2D eigenvalue weighted by Gasteiger charge is 1.92. The first-order chi connectivity index (χ1) is 9.59. The van der Waals surface area contributed by atoms with Gasteiger partial charge in [0.1, 0.15) is 0 Å². The van der Waals surface area contributed by atoms with Gasteiger partial charge in [-0.1, -0.05) is 60.7 Å². The van der Waals surface area contributed by atoms with Crippen molar-refractivity contribution in [1.29, 1.82) is 0 Å². The molecule has 0 saturated heterocycles. The van der Waals surface area contributed by atoms with Crippen molar-refractivity contribution >= 4 is 11.9 Å². The Bertz CT molecular complexity index is 487. The predicted octanol–water partition coefficient (Wildman–Crippen LogP) is 2.95. The smallest absolute Gasteiger partial charge is 0.329 e. The summed E-state index contributed by atoms with van der Waals surface area (Å²) in [5.41, 5.74) is 4.41. The molecule has 0 aromatic heterocycles. The molecule has 0 spiro atoms. The van der Waals surface area contributed by atoms with E-state index in [-0.39, 0.29) is 5.91 Å². The highest BCUT2D eigenvalue weighted by molar-refractivity contribution is 5.74. The number of hydroxylamine groups is 1. The molecule has 1 amide bonds. The van der Waals surface area contributed by atoms with Gasteiger partial charge in [-0.15, -0.1) is 0 Å². The van der Waals surface area contributed by atoms with E-state index in [0.29, 0.717) is 0 Å². The SMILES string of the molecule is CC(=O)NOC(C)=O.c1ccc(-c2ccccc2)cc1. The van der Waals surface area contributed by atoms with Gasteiger partial charge in [0.25, 0.3) is 0 Å². The molecule has 0 aliphatic rings. The van der Waals surface area contributed by atoms with Gasteiger partial charge in [0.15, 0.2) is 0 Å². The van der Waals surface area contributed by atoms with Crippen molar-refractivity contribution < 1.29 is 14.4 Å². The Hall–Kier alpha value is -2.62. The molecule has 0 aliphatic carbocycles. The summed E-state index contributed by atoms with van der Waals surface area (Å²) in [6.45, 7) is 2.46. The topological polar surface area (TPSA) is 55.4 Å². The number of hydrogen-bond donors (Lipinski definition) is 1. The molecule has 0 unspecified atom stereocenters. The van der Waals surface area contributed by atoms with Gasteiger partial charge in [-0.25, -0.2) is 0 Å². The number of nitrogens with one attached hydrogen (secondary N) is 1. The molecule has 0 fully saturated rings. The van der Waals surface area contributed by atoms with Crippen LogP contribution in [0.3, 0.4) is 0 Å². The van der Waals surface area contributed by atoms with E-state index < -0.39 is 5.97 Å². The lowest BCUT2D eigenvalue weighted by atomic mass is 10.1. The number of carbonyl (C=O) groups excluding carboxylic acids is 2. The van der Waals surface area contributed by atoms with Crippen LogP contribution in [-0.4, -0.2) is 11.9 Å². The van der Waals surface area contributed by atoms with Crippen LogP contribution in [0.2, 0.25) is 0 Å². The first kappa shape index (κ1) is 15.4. The van der Waals surface area contributed by atoms with E-state index in [2.05, 4.69) is 53.4 Å². The lowest BCUT2D eigenvalue weighted by molar-refractivity contribution is -0.155. The maximum Gasteiger partial charge on any atom is 0.329 e. The average Bonchev–Trinajstić information content (AvgIpc) is 2.48.